The number of benzene rings is 3. The maximum atomic E-state index is 12.5. The van der Waals surface area contributed by atoms with Crippen molar-refractivity contribution in [1.82, 2.24) is 0 Å². The van der Waals surface area contributed by atoms with E-state index in [-0.39, 0.29) is 19.0 Å². The molecule has 1 atom stereocenters. The van der Waals surface area contributed by atoms with Crippen LogP contribution in [0.5, 0.6) is 0 Å². The Kier molecular flexibility index (Phi) is 7.78. The van der Waals surface area contributed by atoms with Crippen LogP contribution >= 0.6 is 0 Å². The monoisotopic (exact) mass is 482 g/mol. The van der Waals surface area contributed by atoms with Gasteiger partial charge in [0.05, 0.1) is 11.1 Å². The van der Waals surface area contributed by atoms with Crippen LogP contribution in [0.3, 0.4) is 0 Å². The van der Waals surface area contributed by atoms with Crippen LogP contribution in [0.1, 0.15) is 26.3 Å². The molecule has 0 amide bonds. The standard InChI is InChI=1S/C30H26O6/c31-27(20-35-28(32)23-10-4-1-5-11-23)22-16-18-26(19-17-22)30(34,25-14-8-3-9-15-25)21-36-29(33)24-12-6-2-7-13-24/h1-19,26,31,34H,20-21H2. The van der Waals surface area contributed by atoms with Gasteiger partial charge in [0.15, 0.2) is 0 Å². The predicted octanol–water partition coefficient (Wildman–Crippen LogP) is 5.14. The molecule has 2 N–H and O–H groups in total. The highest BCUT2D eigenvalue weighted by Gasteiger charge is 2.38. The molecule has 0 spiro atoms. The van der Waals surface area contributed by atoms with Crippen molar-refractivity contribution in [3.8, 4) is 0 Å². The van der Waals surface area contributed by atoms with Crippen molar-refractivity contribution in [3.05, 3.63) is 143 Å². The molecule has 3 aromatic carbocycles. The molecule has 1 aliphatic rings. The highest BCUT2D eigenvalue weighted by atomic mass is 16.5. The lowest BCUT2D eigenvalue weighted by Crippen LogP contribution is -2.39. The Labute approximate surface area is 209 Å². The first-order valence-electron chi connectivity index (χ1n) is 11.5. The van der Waals surface area contributed by atoms with Gasteiger partial charge in [-0.15, -0.1) is 0 Å². The van der Waals surface area contributed by atoms with Gasteiger partial charge in [0.2, 0.25) is 0 Å². The molecule has 0 aromatic heterocycles. The third-order valence-electron chi connectivity index (χ3n) is 5.91. The summed E-state index contributed by atoms with van der Waals surface area (Å²) >= 11 is 0. The minimum absolute atomic E-state index is 0.121. The number of ether oxygens (including phenoxy) is 2. The summed E-state index contributed by atoms with van der Waals surface area (Å²) in [7, 11) is 0. The number of carbonyl (C=O) groups excluding carboxylic acids is 2. The molecule has 182 valence electrons. The Bertz CT molecular complexity index is 1260. The fourth-order valence-corrected chi connectivity index (χ4v) is 3.85. The van der Waals surface area contributed by atoms with Crippen LogP contribution < -0.4 is 0 Å². The van der Waals surface area contributed by atoms with E-state index < -0.39 is 23.5 Å². The quantitative estimate of drug-likeness (QED) is 0.341. The molecule has 36 heavy (non-hydrogen) atoms. The Hall–Kier alpha value is -4.42. The van der Waals surface area contributed by atoms with Crippen molar-refractivity contribution in [1.29, 1.82) is 0 Å². The molecule has 0 saturated heterocycles. The van der Waals surface area contributed by atoms with E-state index in [0.29, 0.717) is 22.3 Å². The first kappa shape index (κ1) is 24.7. The Morgan fingerprint density at radius 1 is 0.722 bits per heavy atom. The van der Waals surface area contributed by atoms with E-state index in [0.717, 1.165) is 0 Å². The third-order valence-corrected chi connectivity index (χ3v) is 5.91. The largest absolute Gasteiger partial charge is 0.508 e. The summed E-state index contributed by atoms with van der Waals surface area (Å²) in [5.41, 5.74) is 0.271. The van der Waals surface area contributed by atoms with Gasteiger partial charge in [0, 0.05) is 11.5 Å². The third kappa shape index (κ3) is 5.79. The van der Waals surface area contributed by atoms with Crippen LogP contribution in [0, 0.1) is 5.92 Å². The molecule has 0 saturated carbocycles. The van der Waals surface area contributed by atoms with E-state index in [1.165, 1.54) is 0 Å². The second-order valence-electron chi connectivity index (χ2n) is 8.32. The first-order chi connectivity index (χ1) is 17.5. The van der Waals surface area contributed by atoms with Crippen LogP contribution in [0.25, 0.3) is 0 Å². The van der Waals surface area contributed by atoms with E-state index >= 15 is 0 Å². The summed E-state index contributed by atoms with van der Waals surface area (Å²) in [6.45, 7) is -0.566. The second kappa shape index (κ2) is 11.3. The molecule has 0 radical (unpaired) electrons. The minimum atomic E-state index is -1.54. The SMILES string of the molecule is O=C(OCC(O)=C1C=CC(C(O)(COC(=O)c2ccccc2)c2ccccc2)C=C1)c1ccccc1. The molecule has 0 aliphatic heterocycles. The van der Waals surface area contributed by atoms with Crippen molar-refractivity contribution in [2.24, 2.45) is 5.92 Å². The summed E-state index contributed by atoms with van der Waals surface area (Å²) in [6.07, 6.45) is 6.72. The molecular weight excluding hydrogens is 456 g/mol. The van der Waals surface area contributed by atoms with Gasteiger partial charge in [0.25, 0.3) is 0 Å². The molecule has 4 rings (SSSR count). The topological polar surface area (TPSA) is 93.1 Å². The lowest BCUT2D eigenvalue weighted by molar-refractivity contribution is -0.0528. The van der Waals surface area contributed by atoms with Gasteiger partial charge in [-0.25, -0.2) is 9.59 Å². The summed E-state index contributed by atoms with van der Waals surface area (Å²) < 4.78 is 10.7. The van der Waals surface area contributed by atoms with Crippen molar-refractivity contribution in [2.45, 2.75) is 5.60 Å². The van der Waals surface area contributed by atoms with Gasteiger partial charge >= 0.3 is 11.9 Å². The van der Waals surface area contributed by atoms with Gasteiger partial charge < -0.3 is 19.7 Å². The average molecular weight is 483 g/mol. The fraction of sp³-hybridized carbons (Fsp3) is 0.133. The summed E-state index contributed by atoms with van der Waals surface area (Å²) in [5, 5.41) is 22.1. The van der Waals surface area contributed by atoms with E-state index in [9.17, 15) is 19.8 Å². The number of carbonyl (C=O) groups is 2. The zero-order valence-electron chi connectivity index (χ0n) is 19.5. The molecule has 6 nitrogen and oxygen atoms in total. The van der Waals surface area contributed by atoms with Crippen molar-refractivity contribution >= 4 is 11.9 Å². The zero-order valence-corrected chi connectivity index (χ0v) is 19.5. The summed E-state index contributed by atoms with van der Waals surface area (Å²) in [4.78, 5) is 24.7. The van der Waals surface area contributed by atoms with Gasteiger partial charge in [-0.05, 0) is 29.8 Å². The van der Waals surface area contributed by atoms with Crippen LogP contribution in [-0.2, 0) is 15.1 Å². The van der Waals surface area contributed by atoms with E-state index in [4.69, 9.17) is 9.47 Å². The molecule has 1 aliphatic carbocycles. The van der Waals surface area contributed by atoms with E-state index in [1.807, 2.05) is 6.07 Å². The molecule has 0 heterocycles. The molecule has 0 bridgehead atoms. The van der Waals surface area contributed by atoms with Crippen molar-refractivity contribution in [2.75, 3.05) is 13.2 Å². The van der Waals surface area contributed by atoms with E-state index in [1.54, 1.807) is 109 Å². The number of rotatable bonds is 8. The molecule has 0 fully saturated rings. The Balaban J connectivity index is 1.47. The smallest absolute Gasteiger partial charge is 0.338 e. The number of hydrogen-bond donors (Lipinski definition) is 2. The van der Waals surface area contributed by atoms with Gasteiger partial charge in [0.1, 0.15) is 24.6 Å². The lowest BCUT2D eigenvalue weighted by atomic mass is 9.79. The predicted molar refractivity (Wildman–Crippen MR) is 135 cm³/mol. The fourth-order valence-electron chi connectivity index (χ4n) is 3.85. The van der Waals surface area contributed by atoms with Crippen LogP contribution in [0.15, 0.2) is 127 Å². The molecule has 1 unspecified atom stereocenters. The highest BCUT2D eigenvalue weighted by molar-refractivity contribution is 5.89. The Morgan fingerprint density at radius 2 is 1.19 bits per heavy atom. The van der Waals surface area contributed by atoms with Gasteiger partial charge in [-0.2, -0.15) is 0 Å². The van der Waals surface area contributed by atoms with Gasteiger partial charge in [-0.3, -0.25) is 0 Å². The minimum Gasteiger partial charge on any atom is -0.508 e. The average Bonchev–Trinajstić information content (AvgIpc) is 2.95. The second-order valence-corrected chi connectivity index (χ2v) is 8.32. The number of hydrogen-bond acceptors (Lipinski definition) is 6. The van der Waals surface area contributed by atoms with E-state index in [2.05, 4.69) is 0 Å². The Morgan fingerprint density at radius 3 is 1.72 bits per heavy atom. The summed E-state index contributed by atoms with van der Waals surface area (Å²) in [6, 6.07) is 26.1. The maximum Gasteiger partial charge on any atom is 0.338 e. The number of aliphatic hydroxyl groups is 2. The number of esters is 2. The summed E-state index contributed by atoms with van der Waals surface area (Å²) in [5.74, 6) is -1.74. The normalized spacial score (nSPS) is 16.1. The van der Waals surface area contributed by atoms with Gasteiger partial charge in [-0.1, -0.05) is 91.0 Å². The number of allylic oxidation sites excluding steroid dienone is 3. The first-order valence-corrected chi connectivity index (χ1v) is 11.5. The molecular formula is C30H26O6. The molecule has 3 aromatic rings. The zero-order chi connectivity index (χ0) is 25.4. The lowest BCUT2D eigenvalue weighted by Gasteiger charge is -2.34. The van der Waals surface area contributed by atoms with Crippen LogP contribution in [-0.4, -0.2) is 35.4 Å². The van der Waals surface area contributed by atoms with Crippen molar-refractivity contribution < 1.29 is 29.3 Å². The maximum absolute atomic E-state index is 12.5. The number of aliphatic hydroxyl groups excluding tert-OH is 1. The highest BCUT2D eigenvalue weighted by Crippen LogP contribution is 2.35. The molecule has 6 heteroatoms. The van der Waals surface area contributed by atoms with Crippen LogP contribution in [0.4, 0.5) is 0 Å². The van der Waals surface area contributed by atoms with Crippen LogP contribution in [0.2, 0.25) is 0 Å². The van der Waals surface area contributed by atoms with Crippen molar-refractivity contribution in [3.63, 3.8) is 0 Å².